The number of nitrogens with zero attached hydrogens (tertiary/aromatic N) is 1. The van der Waals surface area contributed by atoms with E-state index >= 15 is 0 Å². The molecule has 1 aliphatic heterocycles. The van der Waals surface area contributed by atoms with Gasteiger partial charge in [-0.05, 0) is 65.5 Å². The number of ether oxygens (including phenoxy) is 2. The van der Waals surface area contributed by atoms with Crippen molar-refractivity contribution < 1.29 is 24.2 Å². The maximum absolute atomic E-state index is 13.3. The Morgan fingerprint density at radius 3 is 2.33 bits per heavy atom. The first-order valence-corrected chi connectivity index (χ1v) is 12.2. The molecule has 5 rings (SSSR count). The molecule has 1 N–H and O–H groups in total. The number of ketones is 1. The van der Waals surface area contributed by atoms with E-state index in [9.17, 15) is 14.7 Å². The Labute approximate surface area is 212 Å². The number of benzene rings is 3. The predicted octanol–water partition coefficient (Wildman–Crippen LogP) is 6.17. The minimum atomic E-state index is -0.784. The molecule has 7 heteroatoms. The van der Waals surface area contributed by atoms with Crippen LogP contribution in [0.4, 0.5) is 0 Å². The van der Waals surface area contributed by atoms with Crippen molar-refractivity contribution in [1.82, 2.24) is 4.90 Å². The van der Waals surface area contributed by atoms with Crippen LogP contribution in [0, 0.1) is 0 Å². The van der Waals surface area contributed by atoms with Crippen LogP contribution < -0.4 is 9.47 Å². The van der Waals surface area contributed by atoms with Crippen LogP contribution in [0.1, 0.15) is 22.0 Å². The maximum atomic E-state index is 13.3. The first kappa shape index (κ1) is 23.4. The van der Waals surface area contributed by atoms with Gasteiger partial charge in [-0.25, -0.2) is 0 Å². The van der Waals surface area contributed by atoms with Crippen LogP contribution in [0.5, 0.6) is 17.2 Å². The number of amides is 1. The number of para-hydroxylation sites is 1. The van der Waals surface area contributed by atoms with Crippen molar-refractivity contribution in [3.8, 4) is 17.2 Å². The summed E-state index contributed by atoms with van der Waals surface area (Å²) in [5.41, 5.74) is 1.12. The van der Waals surface area contributed by atoms with Crippen molar-refractivity contribution in [1.29, 1.82) is 0 Å². The van der Waals surface area contributed by atoms with E-state index in [1.54, 1.807) is 37.4 Å². The highest BCUT2D eigenvalue weighted by Crippen LogP contribution is 2.41. The third-order valence-corrected chi connectivity index (χ3v) is 6.82. The first-order valence-electron chi connectivity index (χ1n) is 11.3. The topological polar surface area (TPSA) is 76.1 Å². The third kappa shape index (κ3) is 4.61. The molecule has 1 aromatic heterocycles. The number of carbonyl (C=O) groups is 2. The number of carbonyl (C=O) groups excluding carboxylic acids is 2. The maximum Gasteiger partial charge on any atom is 0.295 e. The fourth-order valence-electron chi connectivity index (χ4n) is 4.24. The minimum absolute atomic E-state index is 0.0404. The number of rotatable bonds is 7. The summed E-state index contributed by atoms with van der Waals surface area (Å²) in [5.74, 6) is 0.235. The van der Waals surface area contributed by atoms with Crippen LogP contribution >= 0.6 is 11.3 Å². The Bertz CT molecular complexity index is 1410. The van der Waals surface area contributed by atoms with Crippen molar-refractivity contribution in [2.75, 3.05) is 7.11 Å². The fourth-order valence-corrected chi connectivity index (χ4v) is 4.94. The van der Waals surface area contributed by atoms with Crippen molar-refractivity contribution in [3.05, 3.63) is 118 Å². The van der Waals surface area contributed by atoms with E-state index in [0.717, 1.165) is 4.88 Å². The number of aliphatic hydroxyl groups is 1. The average Bonchev–Trinajstić information content (AvgIpc) is 3.51. The SMILES string of the molecule is COc1ccc(/C(O)=C2/C(=O)C(=O)N(Cc3cccs3)C2c2cccc(Oc3ccccc3)c2)cc1. The lowest BCUT2D eigenvalue weighted by atomic mass is 9.95. The Balaban J connectivity index is 1.60. The molecule has 0 radical (unpaired) electrons. The normalized spacial score (nSPS) is 16.8. The Kier molecular flexibility index (Phi) is 6.56. The second-order valence-corrected chi connectivity index (χ2v) is 9.25. The van der Waals surface area contributed by atoms with Gasteiger partial charge >= 0.3 is 0 Å². The standard InChI is InChI=1S/C29H23NO5S/c1-34-21-14-12-19(13-15-21)27(31)25-26(30(29(33)28(25)32)18-24-11-6-16-36-24)20-7-5-10-23(17-20)35-22-8-3-2-4-9-22/h2-17,26,31H,18H2,1H3/b27-25-. The fraction of sp³-hybridized carbons (Fsp3) is 0.103. The molecule has 0 saturated carbocycles. The van der Waals surface area contributed by atoms with Gasteiger partial charge in [0.05, 0.1) is 25.3 Å². The van der Waals surface area contributed by atoms with Gasteiger partial charge in [0.15, 0.2) is 0 Å². The van der Waals surface area contributed by atoms with E-state index in [1.807, 2.05) is 66.0 Å². The molecule has 180 valence electrons. The molecule has 2 heterocycles. The van der Waals surface area contributed by atoms with Crippen LogP contribution in [0.25, 0.3) is 5.76 Å². The number of hydrogen-bond acceptors (Lipinski definition) is 6. The van der Waals surface area contributed by atoms with Gasteiger partial charge in [-0.3, -0.25) is 9.59 Å². The zero-order chi connectivity index (χ0) is 25.1. The molecule has 1 fully saturated rings. The summed E-state index contributed by atoms with van der Waals surface area (Å²) < 4.78 is 11.2. The van der Waals surface area contributed by atoms with E-state index in [1.165, 1.54) is 16.2 Å². The summed E-state index contributed by atoms with van der Waals surface area (Å²) in [7, 11) is 1.55. The van der Waals surface area contributed by atoms with E-state index in [4.69, 9.17) is 9.47 Å². The zero-order valence-corrected chi connectivity index (χ0v) is 20.3. The van der Waals surface area contributed by atoms with Gasteiger partial charge in [-0.2, -0.15) is 0 Å². The Morgan fingerprint density at radius 1 is 0.889 bits per heavy atom. The molecule has 36 heavy (non-hydrogen) atoms. The highest BCUT2D eigenvalue weighted by Gasteiger charge is 2.46. The van der Waals surface area contributed by atoms with Crippen LogP contribution in [0.3, 0.4) is 0 Å². The molecular formula is C29H23NO5S. The number of thiophene rings is 1. The lowest BCUT2D eigenvalue weighted by molar-refractivity contribution is -0.140. The molecule has 3 aromatic carbocycles. The molecular weight excluding hydrogens is 474 g/mol. The molecule has 1 amide bonds. The molecule has 0 aliphatic carbocycles. The van der Waals surface area contributed by atoms with Crippen LogP contribution in [0.15, 0.2) is 102 Å². The van der Waals surface area contributed by atoms with Crippen LogP contribution in [-0.2, 0) is 16.1 Å². The Morgan fingerprint density at radius 2 is 1.64 bits per heavy atom. The molecule has 0 spiro atoms. The summed E-state index contributed by atoms with van der Waals surface area (Å²) >= 11 is 1.50. The number of Topliss-reactive ketones (excluding diaryl/α,β-unsaturated/α-hetero) is 1. The number of hydrogen-bond donors (Lipinski definition) is 1. The van der Waals surface area contributed by atoms with Crippen molar-refractivity contribution in [2.45, 2.75) is 12.6 Å². The summed E-state index contributed by atoms with van der Waals surface area (Å²) in [5, 5.41) is 13.2. The number of aliphatic hydroxyl groups excluding tert-OH is 1. The van der Waals surface area contributed by atoms with Crippen molar-refractivity contribution in [3.63, 3.8) is 0 Å². The van der Waals surface area contributed by atoms with Gasteiger partial charge in [-0.1, -0.05) is 36.4 Å². The van der Waals surface area contributed by atoms with Crippen LogP contribution in [-0.4, -0.2) is 28.8 Å². The smallest absolute Gasteiger partial charge is 0.295 e. The molecule has 4 aromatic rings. The summed E-state index contributed by atoms with van der Waals surface area (Å²) in [6.07, 6.45) is 0. The second kappa shape index (κ2) is 10.1. The highest BCUT2D eigenvalue weighted by molar-refractivity contribution is 7.09. The summed E-state index contributed by atoms with van der Waals surface area (Å²) in [6, 6.07) is 26.3. The minimum Gasteiger partial charge on any atom is -0.507 e. The molecule has 0 bridgehead atoms. The van der Waals surface area contributed by atoms with E-state index < -0.39 is 17.7 Å². The molecule has 1 atom stereocenters. The second-order valence-electron chi connectivity index (χ2n) is 8.22. The largest absolute Gasteiger partial charge is 0.507 e. The molecule has 6 nitrogen and oxygen atoms in total. The monoisotopic (exact) mass is 497 g/mol. The molecule has 1 unspecified atom stereocenters. The Hall–Kier alpha value is -4.36. The van der Waals surface area contributed by atoms with E-state index in [0.29, 0.717) is 28.4 Å². The van der Waals surface area contributed by atoms with Gasteiger partial charge < -0.3 is 19.5 Å². The van der Waals surface area contributed by atoms with Gasteiger partial charge in [-0.15, -0.1) is 11.3 Å². The average molecular weight is 498 g/mol. The van der Waals surface area contributed by atoms with Crippen molar-refractivity contribution in [2.24, 2.45) is 0 Å². The first-order chi connectivity index (χ1) is 17.5. The lowest BCUT2D eigenvalue weighted by Gasteiger charge is -2.25. The summed E-state index contributed by atoms with van der Waals surface area (Å²) in [6.45, 7) is 0.246. The zero-order valence-electron chi connectivity index (χ0n) is 19.5. The molecule has 1 saturated heterocycles. The van der Waals surface area contributed by atoms with Crippen molar-refractivity contribution >= 4 is 28.8 Å². The number of methoxy groups -OCH3 is 1. The predicted molar refractivity (Wildman–Crippen MR) is 138 cm³/mol. The lowest BCUT2D eigenvalue weighted by Crippen LogP contribution is -2.28. The van der Waals surface area contributed by atoms with E-state index in [2.05, 4.69) is 0 Å². The molecule has 1 aliphatic rings. The highest BCUT2D eigenvalue weighted by atomic mass is 32.1. The van der Waals surface area contributed by atoms with Crippen LogP contribution in [0.2, 0.25) is 0 Å². The van der Waals surface area contributed by atoms with Gasteiger partial charge in [0.2, 0.25) is 0 Å². The van der Waals surface area contributed by atoms with Gasteiger partial charge in [0.25, 0.3) is 11.7 Å². The van der Waals surface area contributed by atoms with Gasteiger partial charge in [0.1, 0.15) is 23.0 Å². The van der Waals surface area contributed by atoms with Gasteiger partial charge in [0, 0.05) is 10.4 Å². The summed E-state index contributed by atoms with van der Waals surface area (Å²) in [4.78, 5) is 28.9. The quantitative estimate of drug-likeness (QED) is 0.188. The third-order valence-electron chi connectivity index (χ3n) is 5.96. The number of likely N-dealkylation sites (tertiary alicyclic amines) is 1. The van der Waals surface area contributed by atoms with E-state index in [-0.39, 0.29) is 17.9 Å².